The van der Waals surface area contributed by atoms with E-state index in [1.54, 1.807) is 0 Å². The molecule has 0 bridgehead atoms. The minimum atomic E-state index is 0.341. The third-order valence-electron chi connectivity index (χ3n) is 2.99. The molecule has 3 nitrogen and oxygen atoms in total. The summed E-state index contributed by atoms with van der Waals surface area (Å²) in [5, 5.41) is 4.50. The van der Waals surface area contributed by atoms with Crippen LogP contribution >= 0.6 is 43.5 Å². The number of benzene rings is 2. The van der Waals surface area contributed by atoms with E-state index in [1.165, 1.54) is 0 Å². The number of hydrogen-bond acceptors (Lipinski definition) is 3. The molecular weight excluding hydrogens is 419 g/mol. The number of anilines is 1. The quantitative estimate of drug-likeness (QED) is 0.564. The molecule has 0 amide bonds. The van der Waals surface area contributed by atoms with Crippen LogP contribution in [0.1, 0.15) is 0 Å². The summed E-state index contributed by atoms with van der Waals surface area (Å²) >= 11 is 13.1. The zero-order chi connectivity index (χ0) is 15.0. The maximum Gasteiger partial charge on any atom is 0.177 e. The average molecular weight is 429 g/mol. The summed E-state index contributed by atoms with van der Waals surface area (Å²) in [6, 6.07) is 13.3. The Labute approximate surface area is 143 Å². The Hall–Kier alpha value is -1.30. The summed E-state index contributed by atoms with van der Waals surface area (Å²) in [6.45, 7) is 0. The van der Waals surface area contributed by atoms with Gasteiger partial charge in [0.15, 0.2) is 11.6 Å². The van der Waals surface area contributed by atoms with Gasteiger partial charge in [0, 0.05) is 25.1 Å². The standard InChI is InChI=1S/C15H9Br2ClN2O/c16-9-5-8(6-10(18)7-9)14-13(15(19)20-21-14)11-3-1-2-4-12(11)17/h1-7H,(H2,19,20). The predicted molar refractivity (Wildman–Crippen MR) is 92.2 cm³/mol. The van der Waals surface area contributed by atoms with Crippen LogP contribution < -0.4 is 5.73 Å². The summed E-state index contributed by atoms with van der Waals surface area (Å²) in [6.07, 6.45) is 0. The van der Waals surface area contributed by atoms with Crippen LogP contribution in [0.5, 0.6) is 0 Å². The lowest BCUT2D eigenvalue weighted by atomic mass is 10.0. The fourth-order valence-electron chi connectivity index (χ4n) is 2.11. The number of aromatic nitrogens is 1. The number of rotatable bonds is 2. The highest BCUT2D eigenvalue weighted by molar-refractivity contribution is 9.10. The SMILES string of the molecule is Nc1noc(-c2cc(Cl)cc(Br)c2)c1-c1ccccc1Br. The van der Waals surface area contributed by atoms with Gasteiger partial charge in [0.2, 0.25) is 0 Å². The monoisotopic (exact) mass is 426 g/mol. The third kappa shape index (κ3) is 2.86. The van der Waals surface area contributed by atoms with Gasteiger partial charge in [-0.05, 0) is 24.3 Å². The van der Waals surface area contributed by atoms with Crippen molar-refractivity contribution in [1.29, 1.82) is 0 Å². The molecule has 3 rings (SSSR count). The van der Waals surface area contributed by atoms with E-state index in [2.05, 4.69) is 37.0 Å². The van der Waals surface area contributed by atoms with E-state index in [4.69, 9.17) is 21.9 Å². The summed E-state index contributed by atoms with van der Waals surface area (Å²) in [7, 11) is 0. The van der Waals surface area contributed by atoms with E-state index in [0.29, 0.717) is 16.6 Å². The van der Waals surface area contributed by atoms with Gasteiger partial charge in [-0.15, -0.1) is 0 Å². The molecular formula is C15H9Br2ClN2O. The summed E-state index contributed by atoms with van der Waals surface area (Å²) in [5.41, 5.74) is 8.46. The van der Waals surface area contributed by atoms with Crippen molar-refractivity contribution in [3.8, 4) is 22.5 Å². The fraction of sp³-hybridized carbons (Fsp3) is 0. The molecule has 0 aliphatic heterocycles. The lowest BCUT2D eigenvalue weighted by Gasteiger charge is -2.06. The number of nitrogens with zero attached hydrogens (tertiary/aromatic N) is 1. The van der Waals surface area contributed by atoms with Crippen molar-refractivity contribution in [3.63, 3.8) is 0 Å². The summed E-state index contributed by atoms with van der Waals surface area (Å²) in [4.78, 5) is 0. The minimum absolute atomic E-state index is 0.341. The molecule has 0 radical (unpaired) electrons. The second kappa shape index (κ2) is 5.83. The maximum absolute atomic E-state index is 6.10. The Morgan fingerprint density at radius 1 is 1.10 bits per heavy atom. The van der Waals surface area contributed by atoms with Gasteiger partial charge in [0.25, 0.3) is 0 Å². The van der Waals surface area contributed by atoms with Gasteiger partial charge < -0.3 is 10.3 Å². The summed E-state index contributed by atoms with van der Waals surface area (Å²) < 4.78 is 7.20. The lowest BCUT2D eigenvalue weighted by molar-refractivity contribution is 0.436. The van der Waals surface area contributed by atoms with Crippen LogP contribution in [0.2, 0.25) is 5.02 Å². The first-order chi connectivity index (χ1) is 10.1. The molecule has 1 heterocycles. The van der Waals surface area contributed by atoms with Gasteiger partial charge in [-0.1, -0.05) is 66.8 Å². The molecule has 106 valence electrons. The topological polar surface area (TPSA) is 52.0 Å². The smallest absolute Gasteiger partial charge is 0.177 e. The second-order valence-corrected chi connectivity index (χ2v) is 6.62. The third-order valence-corrected chi connectivity index (χ3v) is 4.35. The van der Waals surface area contributed by atoms with Gasteiger partial charge in [0.1, 0.15) is 0 Å². The molecule has 0 unspecified atom stereocenters. The Kier molecular flexibility index (Phi) is 4.06. The number of halogens is 3. The first-order valence-electron chi connectivity index (χ1n) is 6.03. The normalized spacial score (nSPS) is 10.8. The van der Waals surface area contributed by atoms with E-state index >= 15 is 0 Å². The molecule has 3 aromatic rings. The van der Waals surface area contributed by atoms with E-state index in [1.807, 2.05) is 42.5 Å². The number of nitrogen functional groups attached to an aromatic ring is 1. The van der Waals surface area contributed by atoms with Gasteiger partial charge in [-0.2, -0.15) is 0 Å². The first kappa shape index (κ1) is 14.6. The molecule has 0 fully saturated rings. The van der Waals surface area contributed by atoms with Gasteiger partial charge >= 0.3 is 0 Å². The number of hydrogen-bond donors (Lipinski definition) is 1. The predicted octanol–water partition coefficient (Wildman–Crippen LogP) is 5.77. The molecule has 1 aromatic heterocycles. The van der Waals surface area contributed by atoms with Crippen LogP contribution in [-0.4, -0.2) is 5.16 Å². The molecule has 0 aliphatic rings. The van der Waals surface area contributed by atoms with Crippen molar-refractivity contribution in [3.05, 3.63) is 56.4 Å². The highest BCUT2D eigenvalue weighted by Gasteiger charge is 2.20. The first-order valence-corrected chi connectivity index (χ1v) is 7.99. The van der Waals surface area contributed by atoms with Gasteiger partial charge in [-0.3, -0.25) is 0 Å². The van der Waals surface area contributed by atoms with Crippen LogP contribution in [0.3, 0.4) is 0 Å². The van der Waals surface area contributed by atoms with Crippen molar-refractivity contribution in [1.82, 2.24) is 5.16 Å². The molecule has 0 aliphatic carbocycles. The highest BCUT2D eigenvalue weighted by Crippen LogP contribution is 2.41. The van der Waals surface area contributed by atoms with E-state index in [0.717, 1.165) is 25.6 Å². The highest BCUT2D eigenvalue weighted by atomic mass is 79.9. The molecule has 0 saturated carbocycles. The molecule has 0 atom stereocenters. The van der Waals surface area contributed by atoms with Crippen molar-refractivity contribution in [2.24, 2.45) is 0 Å². The van der Waals surface area contributed by atoms with Crippen LogP contribution in [0, 0.1) is 0 Å². The lowest BCUT2D eigenvalue weighted by Crippen LogP contribution is -1.89. The van der Waals surface area contributed by atoms with Crippen LogP contribution in [-0.2, 0) is 0 Å². The fourth-order valence-corrected chi connectivity index (χ4v) is 3.45. The summed E-state index contributed by atoms with van der Waals surface area (Å²) in [5.74, 6) is 0.926. The van der Waals surface area contributed by atoms with E-state index in [-0.39, 0.29) is 0 Å². The Bertz CT molecular complexity index is 797. The van der Waals surface area contributed by atoms with Gasteiger partial charge in [-0.25, -0.2) is 0 Å². The van der Waals surface area contributed by atoms with Crippen molar-refractivity contribution in [2.75, 3.05) is 5.73 Å². The minimum Gasteiger partial charge on any atom is -0.380 e. The van der Waals surface area contributed by atoms with E-state index < -0.39 is 0 Å². The zero-order valence-corrected chi connectivity index (χ0v) is 14.5. The van der Waals surface area contributed by atoms with Crippen LogP contribution in [0.25, 0.3) is 22.5 Å². The molecule has 0 spiro atoms. The second-order valence-electron chi connectivity index (χ2n) is 4.41. The Morgan fingerprint density at radius 2 is 1.86 bits per heavy atom. The van der Waals surface area contributed by atoms with E-state index in [9.17, 15) is 0 Å². The Morgan fingerprint density at radius 3 is 2.57 bits per heavy atom. The zero-order valence-electron chi connectivity index (χ0n) is 10.6. The average Bonchev–Trinajstić information content (AvgIpc) is 2.80. The molecule has 2 N–H and O–H groups in total. The molecule has 21 heavy (non-hydrogen) atoms. The van der Waals surface area contributed by atoms with Crippen molar-refractivity contribution >= 4 is 49.3 Å². The number of nitrogens with two attached hydrogens (primary N) is 1. The van der Waals surface area contributed by atoms with Crippen LogP contribution in [0.15, 0.2) is 55.9 Å². The molecule has 0 saturated heterocycles. The maximum atomic E-state index is 6.10. The van der Waals surface area contributed by atoms with Crippen molar-refractivity contribution in [2.45, 2.75) is 0 Å². The molecule has 2 aromatic carbocycles. The van der Waals surface area contributed by atoms with Crippen molar-refractivity contribution < 1.29 is 4.52 Å². The van der Waals surface area contributed by atoms with Gasteiger partial charge in [0.05, 0.1) is 5.56 Å². The molecule has 6 heteroatoms. The largest absolute Gasteiger partial charge is 0.380 e. The Balaban J connectivity index is 2.24. The van der Waals surface area contributed by atoms with Crippen LogP contribution in [0.4, 0.5) is 5.82 Å².